The fourth-order valence-electron chi connectivity index (χ4n) is 2.75. The van der Waals surface area contributed by atoms with Crippen molar-refractivity contribution in [2.24, 2.45) is 0 Å². The number of nitrogens with zero attached hydrogens (tertiary/aromatic N) is 3. The molecule has 0 bridgehead atoms. The Labute approximate surface area is 147 Å². The van der Waals surface area contributed by atoms with Crippen molar-refractivity contribution in [3.05, 3.63) is 53.4 Å². The third-order valence-corrected chi connectivity index (χ3v) is 4.16. The van der Waals surface area contributed by atoms with Gasteiger partial charge in [0.1, 0.15) is 17.8 Å². The molecule has 2 aromatic heterocycles. The highest BCUT2D eigenvalue weighted by atomic mass is 16.5. The van der Waals surface area contributed by atoms with Crippen LogP contribution in [0.2, 0.25) is 0 Å². The Morgan fingerprint density at radius 3 is 2.68 bits per heavy atom. The van der Waals surface area contributed by atoms with E-state index in [4.69, 9.17) is 4.52 Å². The van der Waals surface area contributed by atoms with E-state index in [1.807, 2.05) is 13.0 Å². The minimum atomic E-state index is 0.0359. The van der Waals surface area contributed by atoms with Crippen molar-refractivity contribution in [2.75, 3.05) is 11.9 Å². The van der Waals surface area contributed by atoms with E-state index in [-0.39, 0.29) is 6.61 Å². The normalized spacial score (nSPS) is 11.0. The second kappa shape index (κ2) is 7.98. The Morgan fingerprint density at radius 2 is 2.04 bits per heavy atom. The predicted octanol–water partition coefficient (Wildman–Crippen LogP) is 3.40. The van der Waals surface area contributed by atoms with Gasteiger partial charge >= 0.3 is 0 Å². The van der Waals surface area contributed by atoms with Gasteiger partial charge in [-0.05, 0) is 18.9 Å². The molecule has 0 fully saturated rings. The number of aromatic nitrogens is 3. The van der Waals surface area contributed by atoms with Gasteiger partial charge in [-0.25, -0.2) is 4.68 Å². The third kappa shape index (κ3) is 4.09. The molecule has 132 valence electrons. The summed E-state index contributed by atoms with van der Waals surface area (Å²) in [6.45, 7) is 5.16. The van der Waals surface area contributed by atoms with E-state index in [1.165, 1.54) is 5.56 Å². The Hall–Kier alpha value is -2.60. The van der Waals surface area contributed by atoms with Crippen LogP contribution in [0.4, 0.5) is 5.82 Å². The Balaban J connectivity index is 1.79. The average molecular weight is 340 g/mol. The van der Waals surface area contributed by atoms with Crippen LogP contribution in [0.5, 0.6) is 0 Å². The maximum atomic E-state index is 9.30. The molecule has 0 spiro atoms. The smallest absolute Gasteiger partial charge is 0.127 e. The molecule has 0 aliphatic carbocycles. The zero-order chi connectivity index (χ0) is 17.6. The van der Waals surface area contributed by atoms with Gasteiger partial charge in [-0.15, -0.1) is 0 Å². The summed E-state index contributed by atoms with van der Waals surface area (Å²) in [5.74, 6) is 0.851. The maximum Gasteiger partial charge on any atom is 0.127 e. The second-order valence-electron chi connectivity index (χ2n) is 6.11. The lowest BCUT2D eigenvalue weighted by Crippen LogP contribution is -2.10. The highest BCUT2D eigenvalue weighted by Gasteiger charge is 2.11. The zero-order valence-corrected chi connectivity index (χ0v) is 14.7. The van der Waals surface area contributed by atoms with E-state index in [0.717, 1.165) is 41.2 Å². The largest absolute Gasteiger partial charge is 0.394 e. The molecule has 2 N–H and O–H groups in total. The summed E-state index contributed by atoms with van der Waals surface area (Å²) in [5, 5.41) is 21.2. The van der Waals surface area contributed by atoms with Crippen molar-refractivity contribution >= 4 is 5.82 Å². The van der Waals surface area contributed by atoms with Crippen LogP contribution in [-0.2, 0) is 19.5 Å². The number of hydrogen-bond acceptors (Lipinski definition) is 5. The molecule has 0 amide bonds. The minimum Gasteiger partial charge on any atom is -0.394 e. The Bertz CT molecular complexity index is 805. The molecule has 2 heterocycles. The minimum absolute atomic E-state index is 0.0359. The molecule has 25 heavy (non-hydrogen) atoms. The number of hydrogen-bond donors (Lipinski definition) is 2. The van der Waals surface area contributed by atoms with Crippen LogP contribution in [-0.4, -0.2) is 26.7 Å². The summed E-state index contributed by atoms with van der Waals surface area (Å²) in [5.41, 5.74) is 5.16. The topological polar surface area (TPSA) is 76.1 Å². The molecular formula is C19H24N4O2. The van der Waals surface area contributed by atoms with Crippen LogP contribution in [0.15, 0.2) is 41.1 Å². The molecule has 6 heteroatoms. The molecule has 1 aromatic carbocycles. The highest BCUT2D eigenvalue weighted by Crippen LogP contribution is 2.23. The third-order valence-electron chi connectivity index (χ3n) is 4.16. The summed E-state index contributed by atoms with van der Waals surface area (Å²) in [6, 6.07) is 10.5. The van der Waals surface area contributed by atoms with Gasteiger partial charge in [-0.2, -0.15) is 5.10 Å². The summed E-state index contributed by atoms with van der Waals surface area (Å²) >= 11 is 0. The summed E-state index contributed by atoms with van der Waals surface area (Å²) in [4.78, 5) is 0. The van der Waals surface area contributed by atoms with Crippen LogP contribution in [0.3, 0.4) is 0 Å². The predicted molar refractivity (Wildman–Crippen MR) is 97.3 cm³/mol. The van der Waals surface area contributed by atoms with Crippen molar-refractivity contribution in [1.82, 2.24) is 14.9 Å². The number of aryl methyl sites for hydroxylation is 2. The molecular weight excluding hydrogens is 316 g/mol. The standard InChI is InChI=1S/C19H24N4O2/c1-3-4-15-5-7-16(8-6-15)17-11-19(23(21-17)9-10-24)20-12-18-14(2)13-25-22-18/h5-8,11,13,20,24H,3-4,9-10,12H2,1-2H3. The van der Waals surface area contributed by atoms with Gasteiger partial charge in [-0.1, -0.05) is 42.8 Å². The summed E-state index contributed by atoms with van der Waals surface area (Å²) < 4.78 is 6.75. The van der Waals surface area contributed by atoms with Crippen molar-refractivity contribution in [3.63, 3.8) is 0 Å². The molecule has 3 rings (SSSR count). The van der Waals surface area contributed by atoms with Crippen molar-refractivity contribution in [1.29, 1.82) is 0 Å². The molecule has 0 aliphatic heterocycles. The molecule has 6 nitrogen and oxygen atoms in total. The van der Waals surface area contributed by atoms with Crippen LogP contribution in [0, 0.1) is 6.92 Å². The number of aliphatic hydroxyl groups is 1. The van der Waals surface area contributed by atoms with Crippen LogP contribution in [0.1, 0.15) is 30.2 Å². The molecule has 0 unspecified atom stereocenters. The van der Waals surface area contributed by atoms with Gasteiger partial charge in [0.05, 0.1) is 25.4 Å². The van der Waals surface area contributed by atoms with E-state index < -0.39 is 0 Å². The number of aliphatic hydroxyl groups excluding tert-OH is 1. The van der Waals surface area contributed by atoms with Gasteiger partial charge in [0.25, 0.3) is 0 Å². The monoisotopic (exact) mass is 340 g/mol. The molecule has 0 atom stereocenters. The van der Waals surface area contributed by atoms with E-state index in [9.17, 15) is 5.11 Å². The number of benzene rings is 1. The summed E-state index contributed by atoms with van der Waals surface area (Å²) in [6.07, 6.45) is 3.86. The fraction of sp³-hybridized carbons (Fsp3) is 0.368. The summed E-state index contributed by atoms with van der Waals surface area (Å²) in [7, 11) is 0. The van der Waals surface area contributed by atoms with E-state index in [0.29, 0.717) is 13.1 Å². The molecule has 0 aliphatic rings. The molecule has 0 saturated carbocycles. The van der Waals surface area contributed by atoms with E-state index in [1.54, 1.807) is 10.9 Å². The molecule has 3 aromatic rings. The van der Waals surface area contributed by atoms with Gasteiger partial charge in [0, 0.05) is 17.2 Å². The first-order valence-corrected chi connectivity index (χ1v) is 8.63. The van der Waals surface area contributed by atoms with Gasteiger partial charge in [0.15, 0.2) is 0 Å². The van der Waals surface area contributed by atoms with Crippen molar-refractivity contribution in [2.45, 2.75) is 39.8 Å². The molecule has 0 radical (unpaired) electrons. The van der Waals surface area contributed by atoms with E-state index >= 15 is 0 Å². The SMILES string of the molecule is CCCc1ccc(-c2cc(NCc3nocc3C)n(CCO)n2)cc1. The zero-order valence-electron chi connectivity index (χ0n) is 14.7. The first-order chi connectivity index (χ1) is 12.2. The Kier molecular flexibility index (Phi) is 5.50. The van der Waals surface area contributed by atoms with Gasteiger partial charge in [0.2, 0.25) is 0 Å². The number of rotatable bonds is 8. The average Bonchev–Trinajstić information content (AvgIpc) is 3.21. The quantitative estimate of drug-likeness (QED) is 0.657. The van der Waals surface area contributed by atoms with Crippen LogP contribution >= 0.6 is 0 Å². The number of anilines is 1. The van der Waals surface area contributed by atoms with E-state index in [2.05, 4.69) is 46.8 Å². The lowest BCUT2D eigenvalue weighted by atomic mass is 10.1. The lowest BCUT2D eigenvalue weighted by molar-refractivity contribution is 0.270. The van der Waals surface area contributed by atoms with Crippen molar-refractivity contribution in [3.8, 4) is 11.3 Å². The first kappa shape index (κ1) is 17.2. The first-order valence-electron chi connectivity index (χ1n) is 8.63. The fourth-order valence-corrected chi connectivity index (χ4v) is 2.75. The van der Waals surface area contributed by atoms with Crippen molar-refractivity contribution < 1.29 is 9.63 Å². The van der Waals surface area contributed by atoms with Crippen LogP contribution < -0.4 is 5.32 Å². The van der Waals surface area contributed by atoms with Crippen LogP contribution in [0.25, 0.3) is 11.3 Å². The molecule has 0 saturated heterocycles. The van der Waals surface area contributed by atoms with Gasteiger partial charge in [-0.3, -0.25) is 0 Å². The van der Waals surface area contributed by atoms with Gasteiger partial charge < -0.3 is 14.9 Å². The Morgan fingerprint density at radius 1 is 1.24 bits per heavy atom. The highest BCUT2D eigenvalue weighted by molar-refractivity contribution is 5.63. The number of nitrogens with one attached hydrogen (secondary N) is 1. The second-order valence-corrected chi connectivity index (χ2v) is 6.11. The maximum absolute atomic E-state index is 9.30. The lowest BCUT2D eigenvalue weighted by Gasteiger charge is -2.07.